The zero-order chi connectivity index (χ0) is 23.9. The first-order valence-electron chi connectivity index (χ1n) is 11.1. The van der Waals surface area contributed by atoms with E-state index in [0.29, 0.717) is 22.2 Å². The zero-order valence-corrected chi connectivity index (χ0v) is 18.9. The minimum Gasteiger partial charge on any atom is -0.497 e. The van der Waals surface area contributed by atoms with Gasteiger partial charge in [0, 0.05) is 17.4 Å². The van der Waals surface area contributed by atoms with E-state index in [2.05, 4.69) is 4.98 Å². The lowest BCUT2D eigenvalue weighted by Gasteiger charge is -2.04. The highest BCUT2D eigenvalue weighted by atomic mass is 16.5. The maximum Gasteiger partial charge on any atom is 0.282 e. The van der Waals surface area contributed by atoms with Gasteiger partial charge in [-0.05, 0) is 41.5 Å². The highest BCUT2D eigenvalue weighted by Crippen LogP contribution is 2.29. The van der Waals surface area contributed by atoms with E-state index in [9.17, 15) is 4.79 Å². The number of para-hydroxylation sites is 1. The van der Waals surface area contributed by atoms with Gasteiger partial charge in [0.05, 0.1) is 12.5 Å². The number of hydrogen-bond acceptors (Lipinski definition) is 4. The SMILES string of the molecule is COc1ccc(/C=c2\[nH]c3nc4c(c(-c5ccccc5)cn4-c4ccccc4)c(=N)n3c2=O)cc1. The second-order valence-electron chi connectivity index (χ2n) is 8.19. The van der Waals surface area contributed by atoms with Crippen molar-refractivity contribution in [3.05, 3.63) is 118 Å². The van der Waals surface area contributed by atoms with Crippen LogP contribution in [0.15, 0.2) is 95.9 Å². The Kier molecular flexibility index (Phi) is 4.81. The van der Waals surface area contributed by atoms with Crippen LogP contribution in [0.4, 0.5) is 0 Å². The molecule has 3 heterocycles. The van der Waals surface area contributed by atoms with Gasteiger partial charge >= 0.3 is 0 Å². The molecule has 6 rings (SSSR count). The molecule has 7 nitrogen and oxygen atoms in total. The standard InChI is InChI=1S/C28H21N5O2/c1-35-21-14-12-18(13-15-21)16-23-27(34)33-25(29)24-22(19-8-4-2-5-9-19)17-32(20-10-6-3-7-11-20)26(24)31-28(33)30-23/h2-17,29H,1H3,(H,30,31)/b23-16-,29-25?. The van der Waals surface area contributed by atoms with Crippen LogP contribution >= 0.6 is 0 Å². The molecule has 7 heteroatoms. The zero-order valence-electron chi connectivity index (χ0n) is 18.9. The van der Waals surface area contributed by atoms with Gasteiger partial charge in [-0.25, -0.2) is 4.40 Å². The first-order valence-corrected chi connectivity index (χ1v) is 11.1. The first-order chi connectivity index (χ1) is 17.1. The van der Waals surface area contributed by atoms with Crippen molar-refractivity contribution in [2.24, 2.45) is 0 Å². The van der Waals surface area contributed by atoms with E-state index in [-0.39, 0.29) is 11.0 Å². The fourth-order valence-electron chi connectivity index (χ4n) is 4.37. The Hall–Kier alpha value is -4.91. The van der Waals surface area contributed by atoms with E-state index < -0.39 is 0 Å². The van der Waals surface area contributed by atoms with Crippen molar-refractivity contribution in [3.63, 3.8) is 0 Å². The monoisotopic (exact) mass is 459 g/mol. The summed E-state index contributed by atoms with van der Waals surface area (Å²) < 4.78 is 8.51. The minimum absolute atomic E-state index is 0.0918. The van der Waals surface area contributed by atoms with Gasteiger partial charge in [-0.2, -0.15) is 4.98 Å². The highest BCUT2D eigenvalue weighted by Gasteiger charge is 2.18. The molecule has 170 valence electrons. The van der Waals surface area contributed by atoms with Crippen molar-refractivity contribution >= 4 is 22.9 Å². The smallest absolute Gasteiger partial charge is 0.282 e. The van der Waals surface area contributed by atoms with E-state index in [4.69, 9.17) is 15.1 Å². The van der Waals surface area contributed by atoms with E-state index in [1.165, 1.54) is 4.40 Å². The number of methoxy groups -OCH3 is 1. The van der Waals surface area contributed by atoms with E-state index in [1.54, 1.807) is 13.2 Å². The number of nitrogens with one attached hydrogen (secondary N) is 2. The quantitative estimate of drug-likeness (QED) is 0.422. The predicted octanol–water partition coefficient (Wildman–Crippen LogP) is 3.67. The largest absolute Gasteiger partial charge is 0.497 e. The van der Waals surface area contributed by atoms with Crippen molar-refractivity contribution in [2.75, 3.05) is 7.11 Å². The Balaban J connectivity index is 1.66. The number of aromatic nitrogens is 4. The molecule has 2 N–H and O–H groups in total. The summed E-state index contributed by atoms with van der Waals surface area (Å²) in [7, 11) is 1.61. The van der Waals surface area contributed by atoms with Gasteiger partial charge in [0.2, 0.25) is 5.78 Å². The number of H-pyrrole nitrogens is 1. The molecule has 0 radical (unpaired) electrons. The van der Waals surface area contributed by atoms with Crippen LogP contribution in [-0.2, 0) is 0 Å². The topological polar surface area (TPSA) is 88.2 Å². The molecule has 35 heavy (non-hydrogen) atoms. The number of aromatic amines is 1. The number of ether oxygens (including phenoxy) is 1. The molecule has 6 aromatic rings. The maximum atomic E-state index is 13.4. The number of hydrogen-bond donors (Lipinski definition) is 2. The van der Waals surface area contributed by atoms with Crippen LogP contribution < -0.4 is 21.1 Å². The molecule has 0 saturated heterocycles. The van der Waals surface area contributed by atoms with Crippen molar-refractivity contribution in [3.8, 4) is 22.6 Å². The van der Waals surface area contributed by atoms with Gasteiger partial charge in [-0.3, -0.25) is 10.2 Å². The number of benzene rings is 3. The summed E-state index contributed by atoms with van der Waals surface area (Å²) in [5.41, 5.74) is 3.95. The van der Waals surface area contributed by atoms with Gasteiger partial charge in [-0.1, -0.05) is 60.7 Å². The molecule has 0 bridgehead atoms. The summed E-state index contributed by atoms with van der Waals surface area (Å²) in [4.78, 5) is 21.3. The lowest BCUT2D eigenvalue weighted by molar-refractivity contribution is 0.415. The van der Waals surface area contributed by atoms with E-state index in [1.807, 2.05) is 95.7 Å². The molecule has 0 spiro atoms. The third-order valence-corrected chi connectivity index (χ3v) is 6.09. The lowest BCUT2D eigenvalue weighted by atomic mass is 10.1. The maximum absolute atomic E-state index is 13.4. The summed E-state index contributed by atoms with van der Waals surface area (Å²) in [5, 5.41) is 10.0. The predicted molar refractivity (Wildman–Crippen MR) is 136 cm³/mol. The fourth-order valence-corrected chi connectivity index (χ4v) is 4.37. The van der Waals surface area contributed by atoms with Crippen LogP contribution in [0.5, 0.6) is 5.75 Å². The number of rotatable bonds is 4. The minimum atomic E-state index is -0.318. The highest BCUT2D eigenvalue weighted by molar-refractivity contribution is 5.95. The lowest BCUT2D eigenvalue weighted by Crippen LogP contribution is -2.32. The molecule has 0 aliphatic heterocycles. The average Bonchev–Trinajstić information content (AvgIpc) is 3.44. The molecule has 3 aromatic heterocycles. The van der Waals surface area contributed by atoms with E-state index >= 15 is 0 Å². The fraction of sp³-hybridized carbons (Fsp3) is 0.0357. The van der Waals surface area contributed by atoms with Gasteiger partial charge in [0.25, 0.3) is 5.56 Å². The van der Waals surface area contributed by atoms with Gasteiger partial charge in [0.15, 0.2) is 5.65 Å². The third-order valence-electron chi connectivity index (χ3n) is 6.09. The normalized spacial score (nSPS) is 12.0. The molecule has 3 aromatic carbocycles. The van der Waals surface area contributed by atoms with Gasteiger partial charge < -0.3 is 14.3 Å². The molecule has 0 saturated carbocycles. The number of fused-ring (bicyclic) bond motifs is 2. The van der Waals surface area contributed by atoms with Gasteiger partial charge in [0.1, 0.15) is 16.6 Å². The molecule has 0 unspecified atom stereocenters. The molecular weight excluding hydrogens is 438 g/mol. The molecule has 0 aliphatic carbocycles. The van der Waals surface area contributed by atoms with Crippen molar-refractivity contribution in [1.29, 1.82) is 5.41 Å². The summed E-state index contributed by atoms with van der Waals surface area (Å²) in [5.74, 6) is 1.06. The second kappa shape index (κ2) is 8.14. The van der Waals surface area contributed by atoms with Crippen molar-refractivity contribution in [1.82, 2.24) is 18.9 Å². The summed E-state index contributed by atoms with van der Waals surface area (Å²) in [6, 6.07) is 27.2. The van der Waals surface area contributed by atoms with Crippen LogP contribution in [0.3, 0.4) is 0 Å². The van der Waals surface area contributed by atoms with Crippen molar-refractivity contribution < 1.29 is 4.74 Å². The Morgan fingerprint density at radius 2 is 1.63 bits per heavy atom. The van der Waals surface area contributed by atoms with Crippen molar-refractivity contribution in [2.45, 2.75) is 0 Å². The summed E-state index contributed by atoms with van der Waals surface area (Å²) >= 11 is 0. The van der Waals surface area contributed by atoms with Crippen LogP contribution in [0.1, 0.15) is 5.56 Å². The third kappa shape index (κ3) is 3.41. The Morgan fingerprint density at radius 1 is 0.943 bits per heavy atom. The Morgan fingerprint density at radius 3 is 2.31 bits per heavy atom. The average molecular weight is 460 g/mol. The Labute approximate surface area is 199 Å². The van der Waals surface area contributed by atoms with Crippen LogP contribution in [0, 0.1) is 5.41 Å². The molecular formula is C28H21N5O2. The van der Waals surface area contributed by atoms with E-state index in [0.717, 1.165) is 28.1 Å². The summed E-state index contributed by atoms with van der Waals surface area (Å²) in [6.07, 6.45) is 3.73. The number of imidazole rings is 1. The molecule has 0 fully saturated rings. The first kappa shape index (κ1) is 20.7. The van der Waals surface area contributed by atoms with Crippen LogP contribution in [0.2, 0.25) is 0 Å². The summed E-state index contributed by atoms with van der Waals surface area (Å²) in [6.45, 7) is 0. The molecule has 0 aliphatic rings. The second-order valence-corrected chi connectivity index (χ2v) is 8.19. The van der Waals surface area contributed by atoms with Gasteiger partial charge in [-0.15, -0.1) is 0 Å². The Bertz CT molecular complexity index is 1850. The molecule has 0 amide bonds. The molecule has 0 atom stereocenters. The van der Waals surface area contributed by atoms with Crippen LogP contribution in [-0.4, -0.2) is 26.0 Å². The van der Waals surface area contributed by atoms with Crippen LogP contribution in [0.25, 0.3) is 39.7 Å². The number of nitrogens with zero attached hydrogens (tertiary/aromatic N) is 3.